The predicted molar refractivity (Wildman–Crippen MR) is 111 cm³/mol. The smallest absolute Gasteiger partial charge is 0.223 e. The summed E-state index contributed by atoms with van der Waals surface area (Å²) in [5, 5.41) is 12.2. The number of hydrogen-bond donors (Lipinski definition) is 1. The normalized spacial score (nSPS) is 17.6. The number of amides is 1. The lowest BCUT2D eigenvalue weighted by molar-refractivity contribution is -0.133. The van der Waals surface area contributed by atoms with E-state index < -0.39 is 0 Å². The number of carbonyl (C=O) groups excluding carboxylic acids is 1. The number of aryl methyl sites for hydroxylation is 1. The fourth-order valence-corrected chi connectivity index (χ4v) is 3.93. The van der Waals surface area contributed by atoms with E-state index in [1.54, 1.807) is 12.3 Å². The molecule has 1 amide bonds. The van der Waals surface area contributed by atoms with Gasteiger partial charge in [-0.25, -0.2) is 4.98 Å². The fourth-order valence-electron chi connectivity index (χ4n) is 3.93. The van der Waals surface area contributed by atoms with Crippen molar-refractivity contribution < 1.29 is 4.79 Å². The number of rotatable bonds is 6. The first-order valence-corrected chi connectivity index (χ1v) is 10.00. The molecular weight excluding hydrogens is 348 g/mol. The molecular formula is C23H28N4O. The van der Waals surface area contributed by atoms with Gasteiger partial charge in [-0.3, -0.25) is 4.79 Å². The van der Waals surface area contributed by atoms with Gasteiger partial charge in [0.25, 0.3) is 0 Å². The van der Waals surface area contributed by atoms with Gasteiger partial charge in [-0.15, -0.1) is 0 Å². The Labute approximate surface area is 167 Å². The van der Waals surface area contributed by atoms with Crippen LogP contribution in [-0.2, 0) is 4.79 Å². The van der Waals surface area contributed by atoms with Crippen molar-refractivity contribution in [2.75, 3.05) is 25.0 Å². The Morgan fingerprint density at radius 1 is 1.36 bits per heavy atom. The highest BCUT2D eigenvalue weighted by molar-refractivity contribution is 5.77. The molecule has 2 unspecified atom stereocenters. The van der Waals surface area contributed by atoms with Crippen molar-refractivity contribution in [3.05, 3.63) is 59.4 Å². The van der Waals surface area contributed by atoms with Crippen molar-refractivity contribution in [3.8, 4) is 6.07 Å². The van der Waals surface area contributed by atoms with E-state index in [1.165, 1.54) is 11.1 Å². The molecule has 0 bridgehead atoms. The third kappa shape index (κ3) is 5.10. The number of benzene rings is 1. The third-order valence-electron chi connectivity index (χ3n) is 5.54. The first-order chi connectivity index (χ1) is 13.6. The number of carbonyl (C=O) groups is 1. The van der Waals surface area contributed by atoms with E-state index in [-0.39, 0.29) is 11.8 Å². The molecule has 1 aromatic carbocycles. The van der Waals surface area contributed by atoms with Gasteiger partial charge in [0.2, 0.25) is 5.91 Å². The maximum Gasteiger partial charge on any atom is 0.223 e. The van der Waals surface area contributed by atoms with Gasteiger partial charge < -0.3 is 10.2 Å². The maximum atomic E-state index is 12.8. The number of aromatic nitrogens is 1. The van der Waals surface area contributed by atoms with Crippen LogP contribution in [0.25, 0.3) is 0 Å². The van der Waals surface area contributed by atoms with Gasteiger partial charge in [0.1, 0.15) is 11.8 Å². The van der Waals surface area contributed by atoms with Crippen LogP contribution in [-0.4, -0.2) is 35.4 Å². The molecule has 0 radical (unpaired) electrons. The van der Waals surface area contributed by atoms with Gasteiger partial charge in [0.05, 0.1) is 11.9 Å². The summed E-state index contributed by atoms with van der Waals surface area (Å²) in [6.07, 6.45) is 4.41. The van der Waals surface area contributed by atoms with Crippen molar-refractivity contribution in [2.24, 2.45) is 5.92 Å². The second-order valence-electron chi connectivity index (χ2n) is 7.73. The number of anilines is 1. The second-order valence-corrected chi connectivity index (χ2v) is 7.73. The summed E-state index contributed by atoms with van der Waals surface area (Å²) in [4.78, 5) is 19.0. The summed E-state index contributed by atoms with van der Waals surface area (Å²) in [6, 6.07) is 13.9. The Bertz CT molecular complexity index is 840. The standard InChI is InChI=1S/C23H28N4O/c1-17-6-3-4-8-22(17)18(2)12-23(28)27-11-5-7-19(16-27)14-25-21-10-9-20(13-24)26-15-21/h3-4,6,8-10,15,18-19,25H,5,7,11-12,14,16H2,1-2H3. The van der Waals surface area contributed by atoms with E-state index in [2.05, 4.69) is 36.3 Å². The summed E-state index contributed by atoms with van der Waals surface area (Å²) < 4.78 is 0. The minimum atomic E-state index is 0.233. The zero-order valence-corrected chi connectivity index (χ0v) is 16.7. The summed E-state index contributed by atoms with van der Waals surface area (Å²) in [5.41, 5.74) is 3.84. The van der Waals surface area contributed by atoms with Gasteiger partial charge in [-0.1, -0.05) is 31.2 Å². The maximum absolute atomic E-state index is 12.8. The highest BCUT2D eigenvalue weighted by Gasteiger charge is 2.25. The molecule has 1 fully saturated rings. The largest absolute Gasteiger partial charge is 0.383 e. The number of nitriles is 1. The monoisotopic (exact) mass is 376 g/mol. The van der Waals surface area contributed by atoms with Crippen LogP contribution in [0.15, 0.2) is 42.6 Å². The van der Waals surface area contributed by atoms with Crippen molar-refractivity contribution in [3.63, 3.8) is 0 Å². The molecule has 1 N–H and O–H groups in total. The van der Waals surface area contributed by atoms with Crippen LogP contribution in [0, 0.1) is 24.2 Å². The minimum Gasteiger partial charge on any atom is -0.383 e. The molecule has 1 aromatic heterocycles. The van der Waals surface area contributed by atoms with Crippen LogP contribution >= 0.6 is 0 Å². The summed E-state index contributed by atoms with van der Waals surface area (Å²) >= 11 is 0. The van der Waals surface area contributed by atoms with E-state index in [9.17, 15) is 4.79 Å². The van der Waals surface area contributed by atoms with Crippen LogP contribution in [0.3, 0.4) is 0 Å². The van der Waals surface area contributed by atoms with Crippen LogP contribution < -0.4 is 5.32 Å². The van der Waals surface area contributed by atoms with Crippen molar-refractivity contribution in [1.82, 2.24) is 9.88 Å². The topological polar surface area (TPSA) is 69.0 Å². The van der Waals surface area contributed by atoms with Crippen LogP contribution in [0.2, 0.25) is 0 Å². The van der Waals surface area contributed by atoms with E-state index in [4.69, 9.17) is 5.26 Å². The van der Waals surface area contributed by atoms with Gasteiger partial charge in [-0.05, 0) is 54.9 Å². The Kier molecular flexibility index (Phi) is 6.65. The molecule has 2 atom stereocenters. The first-order valence-electron chi connectivity index (χ1n) is 10.00. The first kappa shape index (κ1) is 19.9. The van der Waals surface area contributed by atoms with Gasteiger partial charge in [-0.2, -0.15) is 5.26 Å². The quantitative estimate of drug-likeness (QED) is 0.824. The zero-order chi connectivity index (χ0) is 19.9. The Morgan fingerprint density at radius 3 is 2.89 bits per heavy atom. The van der Waals surface area contributed by atoms with Crippen LogP contribution in [0.5, 0.6) is 0 Å². The number of nitrogens with zero attached hydrogens (tertiary/aromatic N) is 3. The average molecular weight is 377 g/mol. The summed E-state index contributed by atoms with van der Waals surface area (Å²) in [5.74, 6) is 0.916. The Hall–Kier alpha value is -2.87. The van der Waals surface area contributed by atoms with E-state index in [0.29, 0.717) is 18.0 Å². The van der Waals surface area contributed by atoms with Gasteiger partial charge >= 0.3 is 0 Å². The van der Waals surface area contributed by atoms with Crippen molar-refractivity contribution in [1.29, 1.82) is 5.26 Å². The lowest BCUT2D eigenvalue weighted by atomic mass is 9.92. The minimum absolute atomic E-state index is 0.233. The molecule has 0 spiro atoms. The summed E-state index contributed by atoms with van der Waals surface area (Å²) in [7, 11) is 0. The Morgan fingerprint density at radius 2 is 2.18 bits per heavy atom. The molecule has 2 heterocycles. The fraction of sp³-hybridized carbons (Fsp3) is 0.435. The highest BCUT2D eigenvalue weighted by atomic mass is 16.2. The average Bonchev–Trinajstić information content (AvgIpc) is 2.73. The van der Waals surface area contributed by atoms with E-state index >= 15 is 0 Å². The highest BCUT2D eigenvalue weighted by Crippen LogP contribution is 2.25. The SMILES string of the molecule is Cc1ccccc1C(C)CC(=O)N1CCCC(CNc2ccc(C#N)nc2)C1. The summed E-state index contributed by atoms with van der Waals surface area (Å²) in [6.45, 7) is 6.72. The van der Waals surface area contributed by atoms with E-state index in [1.807, 2.05) is 29.2 Å². The van der Waals surface area contributed by atoms with Crippen LogP contribution in [0.1, 0.15) is 48.9 Å². The lowest BCUT2D eigenvalue weighted by Crippen LogP contribution is -2.42. The van der Waals surface area contributed by atoms with Gasteiger partial charge in [0.15, 0.2) is 0 Å². The molecule has 2 aromatic rings. The molecule has 1 aliphatic heterocycles. The van der Waals surface area contributed by atoms with Gasteiger partial charge in [0, 0.05) is 26.1 Å². The van der Waals surface area contributed by atoms with Crippen molar-refractivity contribution in [2.45, 2.75) is 39.0 Å². The molecule has 1 aliphatic rings. The number of likely N-dealkylation sites (tertiary alicyclic amines) is 1. The Balaban J connectivity index is 1.51. The number of nitrogens with one attached hydrogen (secondary N) is 1. The molecule has 28 heavy (non-hydrogen) atoms. The zero-order valence-electron chi connectivity index (χ0n) is 16.7. The molecule has 5 heteroatoms. The molecule has 3 rings (SSSR count). The number of hydrogen-bond acceptors (Lipinski definition) is 4. The third-order valence-corrected chi connectivity index (χ3v) is 5.54. The number of pyridine rings is 1. The molecule has 0 saturated carbocycles. The van der Waals surface area contributed by atoms with Crippen molar-refractivity contribution >= 4 is 11.6 Å². The molecule has 5 nitrogen and oxygen atoms in total. The number of piperidine rings is 1. The van der Waals surface area contributed by atoms with E-state index in [0.717, 1.165) is 38.2 Å². The van der Waals surface area contributed by atoms with Crippen LogP contribution in [0.4, 0.5) is 5.69 Å². The molecule has 146 valence electrons. The molecule has 0 aliphatic carbocycles. The predicted octanol–water partition coefficient (Wildman–Crippen LogP) is 4.11. The second kappa shape index (κ2) is 9.36. The lowest BCUT2D eigenvalue weighted by Gasteiger charge is -2.34. The molecule has 1 saturated heterocycles.